The Balaban J connectivity index is 1.59. The molecule has 0 unspecified atom stereocenters. The number of carbonyl (C=O) groups is 1. The molecule has 122 valence electrons. The average molecular weight is 332 g/mol. The summed E-state index contributed by atoms with van der Waals surface area (Å²) in [6, 6.07) is 6.13. The lowest BCUT2D eigenvalue weighted by atomic mass is 10.1. The number of rotatable bonds is 4. The lowest BCUT2D eigenvalue weighted by Crippen LogP contribution is -2.47. The molecule has 6 nitrogen and oxygen atoms in total. The molecule has 0 bridgehead atoms. The van der Waals surface area contributed by atoms with Crippen molar-refractivity contribution in [2.75, 3.05) is 38.2 Å². The highest BCUT2D eigenvalue weighted by molar-refractivity contribution is 7.07. The number of aromatic nitrogens is 2. The standard InChI is InChI=1S/C16H20N4O2S/c1-12(13-5-10-23-11-13)19-6-8-20(9-7-19)15-4-3-14(17-18-15)16(21)22-2/h3-5,10-12H,6-9H2,1-2H3/t12-/m1/s1. The highest BCUT2D eigenvalue weighted by Gasteiger charge is 2.23. The minimum atomic E-state index is -0.460. The third kappa shape index (κ3) is 3.51. The van der Waals surface area contributed by atoms with Crippen LogP contribution in [-0.4, -0.2) is 54.4 Å². The number of hydrogen-bond acceptors (Lipinski definition) is 7. The van der Waals surface area contributed by atoms with Crippen molar-refractivity contribution in [3.63, 3.8) is 0 Å². The summed E-state index contributed by atoms with van der Waals surface area (Å²) in [5, 5.41) is 12.4. The molecule has 1 aliphatic heterocycles. The van der Waals surface area contributed by atoms with Gasteiger partial charge in [-0.3, -0.25) is 4.90 Å². The first-order valence-electron chi connectivity index (χ1n) is 7.62. The van der Waals surface area contributed by atoms with Gasteiger partial charge >= 0.3 is 5.97 Å². The first-order chi connectivity index (χ1) is 11.2. The third-order valence-electron chi connectivity index (χ3n) is 4.26. The van der Waals surface area contributed by atoms with Gasteiger partial charge in [-0.2, -0.15) is 11.3 Å². The summed E-state index contributed by atoms with van der Waals surface area (Å²) in [4.78, 5) is 16.1. The number of anilines is 1. The normalized spacial score (nSPS) is 17.0. The van der Waals surface area contributed by atoms with Crippen LogP contribution in [0.25, 0.3) is 0 Å². The number of thiophene rings is 1. The number of esters is 1. The first-order valence-corrected chi connectivity index (χ1v) is 8.56. The van der Waals surface area contributed by atoms with Gasteiger partial charge in [0.25, 0.3) is 0 Å². The SMILES string of the molecule is COC(=O)c1ccc(N2CCN([C@H](C)c3ccsc3)CC2)nn1. The van der Waals surface area contributed by atoms with Crippen LogP contribution in [0.5, 0.6) is 0 Å². The van der Waals surface area contributed by atoms with E-state index in [0.29, 0.717) is 6.04 Å². The Morgan fingerprint density at radius 2 is 2.00 bits per heavy atom. The second-order valence-electron chi connectivity index (χ2n) is 5.52. The Labute approximate surface area is 139 Å². The largest absolute Gasteiger partial charge is 0.464 e. The maximum Gasteiger partial charge on any atom is 0.358 e. The lowest BCUT2D eigenvalue weighted by Gasteiger charge is -2.38. The van der Waals surface area contributed by atoms with Crippen LogP contribution in [0, 0.1) is 0 Å². The van der Waals surface area contributed by atoms with Gasteiger partial charge in [-0.1, -0.05) is 0 Å². The van der Waals surface area contributed by atoms with Gasteiger partial charge in [0, 0.05) is 32.2 Å². The zero-order valence-electron chi connectivity index (χ0n) is 13.3. The van der Waals surface area contributed by atoms with E-state index in [1.54, 1.807) is 17.4 Å². The quantitative estimate of drug-likeness (QED) is 0.800. The first kappa shape index (κ1) is 15.9. The highest BCUT2D eigenvalue weighted by atomic mass is 32.1. The van der Waals surface area contributed by atoms with E-state index in [2.05, 4.69) is 48.5 Å². The van der Waals surface area contributed by atoms with Crippen molar-refractivity contribution in [1.82, 2.24) is 15.1 Å². The number of nitrogens with zero attached hydrogens (tertiary/aromatic N) is 4. The fourth-order valence-corrected chi connectivity index (χ4v) is 3.52. The molecule has 0 radical (unpaired) electrons. The molecule has 3 rings (SSSR count). The molecule has 2 aromatic heterocycles. The fourth-order valence-electron chi connectivity index (χ4n) is 2.77. The van der Waals surface area contributed by atoms with E-state index in [9.17, 15) is 4.79 Å². The molecule has 0 amide bonds. The molecule has 0 N–H and O–H groups in total. The predicted molar refractivity (Wildman–Crippen MR) is 89.9 cm³/mol. The molecule has 1 atom stereocenters. The molecule has 2 aromatic rings. The highest BCUT2D eigenvalue weighted by Crippen LogP contribution is 2.24. The van der Waals surface area contributed by atoms with Crippen molar-refractivity contribution < 1.29 is 9.53 Å². The van der Waals surface area contributed by atoms with Crippen molar-refractivity contribution in [3.05, 3.63) is 40.2 Å². The molecule has 1 aliphatic rings. The molecular formula is C16H20N4O2S. The van der Waals surface area contributed by atoms with E-state index in [1.807, 2.05) is 6.07 Å². The molecule has 0 spiro atoms. The van der Waals surface area contributed by atoms with Crippen LogP contribution in [0.3, 0.4) is 0 Å². The van der Waals surface area contributed by atoms with Crippen molar-refractivity contribution in [3.8, 4) is 0 Å². The van der Waals surface area contributed by atoms with E-state index in [1.165, 1.54) is 12.7 Å². The number of methoxy groups -OCH3 is 1. The summed E-state index contributed by atoms with van der Waals surface area (Å²) in [6.45, 7) is 6.03. The van der Waals surface area contributed by atoms with Gasteiger partial charge in [0.1, 0.15) is 0 Å². The summed E-state index contributed by atoms with van der Waals surface area (Å²) in [5.41, 5.74) is 1.62. The van der Waals surface area contributed by atoms with Gasteiger partial charge in [0.05, 0.1) is 7.11 Å². The molecule has 1 saturated heterocycles. The fraction of sp³-hybridized carbons (Fsp3) is 0.438. The Morgan fingerprint density at radius 3 is 2.57 bits per heavy atom. The van der Waals surface area contributed by atoms with E-state index in [-0.39, 0.29) is 5.69 Å². The molecule has 3 heterocycles. The number of ether oxygens (including phenoxy) is 1. The molecular weight excluding hydrogens is 312 g/mol. The summed E-state index contributed by atoms with van der Waals surface area (Å²) < 4.78 is 4.64. The third-order valence-corrected chi connectivity index (χ3v) is 4.96. The second-order valence-corrected chi connectivity index (χ2v) is 6.30. The Bertz CT molecular complexity index is 637. The molecule has 1 fully saturated rings. The van der Waals surface area contributed by atoms with Gasteiger partial charge in [0.2, 0.25) is 0 Å². The second kappa shape index (κ2) is 7.06. The van der Waals surface area contributed by atoms with Gasteiger partial charge in [-0.15, -0.1) is 10.2 Å². The Kier molecular flexibility index (Phi) is 4.88. The van der Waals surface area contributed by atoms with Crippen LogP contribution < -0.4 is 4.90 Å². The van der Waals surface area contributed by atoms with Crippen LogP contribution >= 0.6 is 11.3 Å². The summed E-state index contributed by atoms with van der Waals surface area (Å²) in [6.07, 6.45) is 0. The maximum atomic E-state index is 11.4. The van der Waals surface area contributed by atoms with Crippen LogP contribution in [0.15, 0.2) is 29.0 Å². The van der Waals surface area contributed by atoms with Crippen LogP contribution in [-0.2, 0) is 4.74 Å². The monoisotopic (exact) mass is 332 g/mol. The molecule has 0 saturated carbocycles. The minimum Gasteiger partial charge on any atom is -0.464 e. The van der Waals surface area contributed by atoms with Crippen molar-refractivity contribution in [2.24, 2.45) is 0 Å². The summed E-state index contributed by atoms with van der Waals surface area (Å²) in [5.74, 6) is 0.346. The van der Waals surface area contributed by atoms with E-state index >= 15 is 0 Å². The smallest absolute Gasteiger partial charge is 0.358 e. The van der Waals surface area contributed by atoms with Gasteiger partial charge in [-0.05, 0) is 41.4 Å². The predicted octanol–water partition coefficient (Wildman–Crippen LogP) is 2.21. The van der Waals surface area contributed by atoms with Crippen LogP contribution in [0.1, 0.15) is 29.0 Å². The van der Waals surface area contributed by atoms with Gasteiger partial charge < -0.3 is 9.64 Å². The van der Waals surface area contributed by atoms with Crippen molar-refractivity contribution in [2.45, 2.75) is 13.0 Å². The maximum absolute atomic E-state index is 11.4. The molecule has 0 aromatic carbocycles. The zero-order chi connectivity index (χ0) is 16.2. The number of hydrogen-bond donors (Lipinski definition) is 0. The minimum absolute atomic E-state index is 0.237. The average Bonchev–Trinajstić information content (AvgIpc) is 3.15. The summed E-state index contributed by atoms with van der Waals surface area (Å²) >= 11 is 1.74. The Hall–Kier alpha value is -1.99. The molecule has 23 heavy (non-hydrogen) atoms. The topological polar surface area (TPSA) is 58.6 Å². The van der Waals surface area contributed by atoms with Crippen LogP contribution in [0.2, 0.25) is 0 Å². The van der Waals surface area contributed by atoms with Crippen LogP contribution in [0.4, 0.5) is 5.82 Å². The molecule has 7 heteroatoms. The summed E-state index contributed by atoms with van der Waals surface area (Å²) in [7, 11) is 1.34. The van der Waals surface area contributed by atoms with Crippen molar-refractivity contribution >= 4 is 23.1 Å². The van der Waals surface area contributed by atoms with E-state index in [4.69, 9.17) is 0 Å². The number of carbonyl (C=O) groups excluding carboxylic acids is 1. The van der Waals surface area contributed by atoms with Gasteiger partial charge in [-0.25, -0.2) is 4.79 Å². The Morgan fingerprint density at radius 1 is 1.22 bits per heavy atom. The zero-order valence-corrected chi connectivity index (χ0v) is 14.1. The van der Waals surface area contributed by atoms with E-state index < -0.39 is 5.97 Å². The van der Waals surface area contributed by atoms with Crippen molar-refractivity contribution in [1.29, 1.82) is 0 Å². The number of piperazine rings is 1. The lowest BCUT2D eigenvalue weighted by molar-refractivity contribution is 0.0592. The molecule has 0 aliphatic carbocycles. The van der Waals surface area contributed by atoms with E-state index in [0.717, 1.165) is 32.0 Å². The van der Waals surface area contributed by atoms with Gasteiger partial charge in [0.15, 0.2) is 11.5 Å².